The lowest BCUT2D eigenvalue weighted by atomic mass is 10.1. The van der Waals surface area contributed by atoms with Gasteiger partial charge in [0.1, 0.15) is 5.82 Å². The fourth-order valence-electron chi connectivity index (χ4n) is 1.73. The summed E-state index contributed by atoms with van der Waals surface area (Å²) in [5.41, 5.74) is -0.313. The van der Waals surface area contributed by atoms with Gasteiger partial charge < -0.3 is 10.1 Å². The predicted octanol–water partition coefficient (Wildman–Crippen LogP) is 2.89. The number of benzene rings is 1. The summed E-state index contributed by atoms with van der Waals surface area (Å²) in [5, 5.41) is 13.5. The first-order valence-electron chi connectivity index (χ1n) is 5.88. The van der Waals surface area contributed by atoms with Gasteiger partial charge in [-0.3, -0.25) is 10.1 Å². The minimum Gasteiger partial charge on any atom is -0.480 e. The fourth-order valence-corrected chi connectivity index (χ4v) is 1.73. The van der Waals surface area contributed by atoms with Crippen molar-refractivity contribution in [2.24, 2.45) is 0 Å². The number of hydrogen-bond donors (Lipinski definition) is 1. The molecule has 0 radical (unpaired) electrons. The van der Waals surface area contributed by atoms with Crippen LogP contribution in [0.1, 0.15) is 5.56 Å². The molecule has 0 spiro atoms. The average Bonchev–Trinajstić information content (AvgIpc) is 2.46. The maximum Gasteiger partial charge on any atom is 0.305 e. The first kappa shape index (κ1) is 14.6. The molecule has 2 aromatic rings. The van der Waals surface area contributed by atoms with E-state index in [1.54, 1.807) is 12.1 Å². The molecule has 0 aliphatic rings. The first-order valence-corrected chi connectivity index (χ1v) is 5.88. The molecule has 0 saturated carbocycles. The van der Waals surface area contributed by atoms with E-state index in [4.69, 9.17) is 4.74 Å². The van der Waals surface area contributed by atoms with Gasteiger partial charge in [-0.15, -0.1) is 0 Å². The topological polar surface area (TPSA) is 77.3 Å². The Kier molecular flexibility index (Phi) is 4.27. The quantitative estimate of drug-likeness (QED) is 0.678. The van der Waals surface area contributed by atoms with Gasteiger partial charge in [-0.2, -0.15) is 4.39 Å². The SMILES string of the molecule is COc1ncccc1NCc1cc([N+](=O)[O-])c(F)cc1F. The molecule has 8 heteroatoms. The number of pyridine rings is 1. The standard InChI is InChI=1S/C13H11F2N3O3/c1-21-13-11(3-2-4-16-13)17-7-8-5-12(18(19)20)10(15)6-9(8)14/h2-6,17H,7H2,1H3. The number of nitro benzene ring substituents is 1. The number of nitrogens with zero attached hydrogens (tertiary/aromatic N) is 2. The van der Waals surface area contributed by atoms with E-state index >= 15 is 0 Å². The van der Waals surface area contributed by atoms with Crippen LogP contribution >= 0.6 is 0 Å². The van der Waals surface area contributed by atoms with Crippen molar-refractivity contribution in [3.8, 4) is 5.88 Å². The van der Waals surface area contributed by atoms with Crippen LogP contribution in [0, 0.1) is 21.7 Å². The monoisotopic (exact) mass is 295 g/mol. The molecule has 2 rings (SSSR count). The molecule has 1 aromatic carbocycles. The Hall–Kier alpha value is -2.77. The second-order valence-electron chi connectivity index (χ2n) is 4.07. The highest BCUT2D eigenvalue weighted by Gasteiger charge is 2.18. The van der Waals surface area contributed by atoms with Gasteiger partial charge in [0.25, 0.3) is 0 Å². The highest BCUT2D eigenvalue weighted by Crippen LogP contribution is 2.24. The Bertz CT molecular complexity index is 680. The smallest absolute Gasteiger partial charge is 0.305 e. The Morgan fingerprint density at radius 2 is 2.14 bits per heavy atom. The molecule has 0 amide bonds. The van der Waals surface area contributed by atoms with E-state index in [1.807, 2.05) is 0 Å². The van der Waals surface area contributed by atoms with Crippen molar-refractivity contribution in [3.63, 3.8) is 0 Å². The Morgan fingerprint density at radius 3 is 2.81 bits per heavy atom. The molecule has 1 aromatic heterocycles. The van der Waals surface area contributed by atoms with Crippen LogP contribution in [0.25, 0.3) is 0 Å². The number of anilines is 1. The van der Waals surface area contributed by atoms with Crippen LogP contribution in [-0.4, -0.2) is 17.0 Å². The third kappa shape index (κ3) is 3.22. The van der Waals surface area contributed by atoms with Gasteiger partial charge in [0, 0.05) is 30.4 Å². The van der Waals surface area contributed by atoms with Crippen LogP contribution in [0.3, 0.4) is 0 Å². The van der Waals surface area contributed by atoms with Crippen molar-refractivity contribution in [2.45, 2.75) is 6.54 Å². The fraction of sp³-hybridized carbons (Fsp3) is 0.154. The number of ether oxygens (including phenoxy) is 1. The second-order valence-corrected chi connectivity index (χ2v) is 4.07. The molecule has 110 valence electrons. The number of nitrogens with one attached hydrogen (secondary N) is 1. The first-order chi connectivity index (χ1) is 10.0. The highest BCUT2D eigenvalue weighted by atomic mass is 19.1. The molecule has 0 aliphatic heterocycles. The van der Waals surface area contributed by atoms with Gasteiger partial charge in [0.05, 0.1) is 17.7 Å². The van der Waals surface area contributed by atoms with Crippen molar-refractivity contribution < 1.29 is 18.4 Å². The zero-order chi connectivity index (χ0) is 15.4. The normalized spacial score (nSPS) is 10.2. The predicted molar refractivity (Wildman–Crippen MR) is 71.1 cm³/mol. The summed E-state index contributed by atoms with van der Waals surface area (Å²) >= 11 is 0. The molecule has 1 heterocycles. The summed E-state index contributed by atoms with van der Waals surface area (Å²) in [6, 6.07) is 4.66. The minimum absolute atomic E-state index is 0.0333. The lowest BCUT2D eigenvalue weighted by Crippen LogP contribution is -2.06. The maximum absolute atomic E-state index is 13.6. The molecule has 0 bridgehead atoms. The molecular weight excluding hydrogens is 284 g/mol. The third-order valence-corrected chi connectivity index (χ3v) is 2.75. The summed E-state index contributed by atoms with van der Waals surface area (Å²) in [4.78, 5) is 13.7. The summed E-state index contributed by atoms with van der Waals surface area (Å²) in [7, 11) is 1.43. The van der Waals surface area contributed by atoms with E-state index in [1.165, 1.54) is 13.3 Å². The summed E-state index contributed by atoms with van der Waals surface area (Å²) in [6.07, 6.45) is 1.52. The molecule has 0 unspecified atom stereocenters. The van der Waals surface area contributed by atoms with E-state index < -0.39 is 22.2 Å². The molecule has 0 atom stereocenters. The average molecular weight is 295 g/mol. The number of methoxy groups -OCH3 is 1. The zero-order valence-corrected chi connectivity index (χ0v) is 11.0. The van der Waals surface area contributed by atoms with Crippen LogP contribution in [0.5, 0.6) is 5.88 Å². The van der Waals surface area contributed by atoms with Crippen molar-refractivity contribution in [2.75, 3.05) is 12.4 Å². The second kappa shape index (κ2) is 6.12. The van der Waals surface area contributed by atoms with Crippen LogP contribution in [-0.2, 0) is 6.54 Å². The summed E-state index contributed by atoms with van der Waals surface area (Å²) < 4.78 is 31.9. The van der Waals surface area contributed by atoms with Gasteiger partial charge >= 0.3 is 5.69 Å². The third-order valence-electron chi connectivity index (χ3n) is 2.75. The number of aromatic nitrogens is 1. The summed E-state index contributed by atoms with van der Waals surface area (Å²) in [5.74, 6) is -1.77. The Morgan fingerprint density at radius 1 is 1.38 bits per heavy atom. The molecule has 21 heavy (non-hydrogen) atoms. The van der Waals surface area contributed by atoms with E-state index in [0.29, 0.717) is 17.6 Å². The maximum atomic E-state index is 13.6. The van der Waals surface area contributed by atoms with Gasteiger partial charge in [0.15, 0.2) is 0 Å². The minimum atomic E-state index is -1.21. The molecule has 6 nitrogen and oxygen atoms in total. The van der Waals surface area contributed by atoms with Crippen molar-refractivity contribution in [3.05, 3.63) is 57.8 Å². The van der Waals surface area contributed by atoms with Crippen molar-refractivity contribution in [1.29, 1.82) is 0 Å². The Balaban J connectivity index is 2.24. The largest absolute Gasteiger partial charge is 0.480 e. The zero-order valence-electron chi connectivity index (χ0n) is 11.0. The van der Waals surface area contributed by atoms with Gasteiger partial charge in [-0.05, 0) is 12.1 Å². The van der Waals surface area contributed by atoms with Crippen LogP contribution in [0.2, 0.25) is 0 Å². The van der Waals surface area contributed by atoms with Gasteiger partial charge in [0.2, 0.25) is 11.7 Å². The van der Waals surface area contributed by atoms with E-state index in [9.17, 15) is 18.9 Å². The Labute approximate surface area is 118 Å². The van der Waals surface area contributed by atoms with Crippen LogP contribution in [0.15, 0.2) is 30.5 Å². The number of hydrogen-bond acceptors (Lipinski definition) is 5. The van der Waals surface area contributed by atoms with Gasteiger partial charge in [-0.1, -0.05) is 0 Å². The molecule has 0 fully saturated rings. The van der Waals surface area contributed by atoms with Crippen molar-refractivity contribution in [1.82, 2.24) is 4.98 Å². The number of halogens is 2. The van der Waals surface area contributed by atoms with Crippen LogP contribution < -0.4 is 10.1 Å². The number of rotatable bonds is 5. The molecule has 0 saturated heterocycles. The highest BCUT2D eigenvalue weighted by molar-refractivity contribution is 5.52. The molecule has 1 N–H and O–H groups in total. The lowest BCUT2D eigenvalue weighted by molar-refractivity contribution is -0.387. The lowest BCUT2D eigenvalue weighted by Gasteiger charge is -2.10. The molecular formula is C13H11F2N3O3. The van der Waals surface area contributed by atoms with Crippen molar-refractivity contribution >= 4 is 11.4 Å². The van der Waals surface area contributed by atoms with E-state index in [0.717, 1.165) is 6.07 Å². The van der Waals surface area contributed by atoms with E-state index in [2.05, 4.69) is 10.3 Å². The van der Waals surface area contributed by atoms with E-state index in [-0.39, 0.29) is 12.1 Å². The van der Waals surface area contributed by atoms with Gasteiger partial charge in [-0.25, -0.2) is 9.37 Å². The van der Waals surface area contributed by atoms with Crippen LogP contribution in [0.4, 0.5) is 20.2 Å². The number of nitro groups is 1. The molecule has 0 aliphatic carbocycles. The summed E-state index contributed by atoms with van der Waals surface area (Å²) in [6.45, 7) is -0.0744.